The molecule has 0 amide bonds. The standard InChI is InChI=1S/C14H18BrNO3/c1-19-13-3-2-12(15)8-11(13)9-16-6-4-10(5-7-16)14(17)18/h2-3,8,10H,4-7,9H2,1H3,(H,17,18). The third kappa shape index (κ3) is 3.70. The number of rotatable bonds is 4. The van der Waals surface area contributed by atoms with Gasteiger partial charge in [0.05, 0.1) is 13.0 Å². The van der Waals surface area contributed by atoms with Crippen molar-refractivity contribution < 1.29 is 14.6 Å². The smallest absolute Gasteiger partial charge is 0.306 e. The zero-order valence-electron chi connectivity index (χ0n) is 10.9. The van der Waals surface area contributed by atoms with Crippen LogP contribution in [-0.2, 0) is 11.3 Å². The van der Waals surface area contributed by atoms with Crippen LogP contribution in [0.3, 0.4) is 0 Å². The minimum Gasteiger partial charge on any atom is -0.496 e. The molecule has 0 atom stereocenters. The van der Waals surface area contributed by atoms with Gasteiger partial charge in [-0.15, -0.1) is 0 Å². The first-order valence-corrected chi connectivity index (χ1v) is 7.17. The van der Waals surface area contributed by atoms with E-state index in [1.165, 1.54) is 0 Å². The van der Waals surface area contributed by atoms with Gasteiger partial charge in [-0.25, -0.2) is 0 Å². The van der Waals surface area contributed by atoms with E-state index in [9.17, 15) is 4.79 Å². The summed E-state index contributed by atoms with van der Waals surface area (Å²) in [7, 11) is 1.67. The van der Waals surface area contributed by atoms with Gasteiger partial charge in [0, 0.05) is 16.6 Å². The van der Waals surface area contributed by atoms with E-state index in [4.69, 9.17) is 9.84 Å². The number of aliphatic carboxylic acids is 1. The lowest BCUT2D eigenvalue weighted by atomic mass is 9.97. The Bertz CT molecular complexity index is 456. The monoisotopic (exact) mass is 327 g/mol. The molecule has 0 bridgehead atoms. The van der Waals surface area contributed by atoms with Gasteiger partial charge < -0.3 is 9.84 Å². The number of hydrogen-bond donors (Lipinski definition) is 1. The van der Waals surface area contributed by atoms with Gasteiger partial charge in [-0.2, -0.15) is 0 Å². The molecule has 5 heteroatoms. The van der Waals surface area contributed by atoms with E-state index in [0.717, 1.165) is 48.3 Å². The minimum atomic E-state index is -0.667. The Balaban J connectivity index is 1.99. The topological polar surface area (TPSA) is 49.8 Å². The van der Waals surface area contributed by atoms with Gasteiger partial charge in [-0.05, 0) is 44.1 Å². The molecule has 4 nitrogen and oxygen atoms in total. The van der Waals surface area contributed by atoms with Gasteiger partial charge in [-0.3, -0.25) is 9.69 Å². The van der Waals surface area contributed by atoms with Gasteiger partial charge in [-0.1, -0.05) is 15.9 Å². The Morgan fingerprint density at radius 1 is 1.47 bits per heavy atom. The molecule has 1 saturated heterocycles. The fourth-order valence-corrected chi connectivity index (χ4v) is 2.86. The normalized spacial score (nSPS) is 17.4. The summed E-state index contributed by atoms with van der Waals surface area (Å²) >= 11 is 3.47. The number of methoxy groups -OCH3 is 1. The number of piperidine rings is 1. The number of nitrogens with zero attached hydrogens (tertiary/aromatic N) is 1. The molecular formula is C14H18BrNO3. The Kier molecular flexibility index (Phi) is 4.82. The molecule has 1 aliphatic rings. The molecule has 2 rings (SSSR count). The first-order valence-electron chi connectivity index (χ1n) is 6.37. The molecule has 19 heavy (non-hydrogen) atoms. The summed E-state index contributed by atoms with van der Waals surface area (Å²) in [6, 6.07) is 5.96. The van der Waals surface area contributed by atoms with Crippen molar-refractivity contribution in [2.24, 2.45) is 5.92 Å². The highest BCUT2D eigenvalue weighted by molar-refractivity contribution is 9.10. The summed E-state index contributed by atoms with van der Waals surface area (Å²) in [5.74, 6) is 0.0314. The summed E-state index contributed by atoms with van der Waals surface area (Å²) < 4.78 is 6.39. The van der Waals surface area contributed by atoms with Crippen LogP contribution in [0, 0.1) is 5.92 Å². The lowest BCUT2D eigenvalue weighted by molar-refractivity contribution is -0.143. The van der Waals surface area contributed by atoms with Crippen molar-refractivity contribution in [2.75, 3.05) is 20.2 Å². The van der Waals surface area contributed by atoms with Crippen LogP contribution in [0.2, 0.25) is 0 Å². The third-order valence-corrected chi connectivity index (χ3v) is 4.07. The van der Waals surface area contributed by atoms with E-state index < -0.39 is 5.97 Å². The maximum Gasteiger partial charge on any atom is 0.306 e. The van der Waals surface area contributed by atoms with Crippen LogP contribution in [0.1, 0.15) is 18.4 Å². The van der Waals surface area contributed by atoms with Crippen LogP contribution < -0.4 is 4.74 Å². The number of carboxylic acids is 1. The Hall–Kier alpha value is -1.07. The lowest BCUT2D eigenvalue weighted by Crippen LogP contribution is -2.35. The average molecular weight is 328 g/mol. The van der Waals surface area contributed by atoms with Crippen LogP contribution in [0.4, 0.5) is 0 Å². The second-order valence-electron chi connectivity index (χ2n) is 4.84. The molecular weight excluding hydrogens is 310 g/mol. The molecule has 0 saturated carbocycles. The van der Waals surface area contributed by atoms with E-state index in [1.54, 1.807) is 7.11 Å². The first-order chi connectivity index (χ1) is 9.10. The zero-order valence-corrected chi connectivity index (χ0v) is 12.5. The highest BCUT2D eigenvalue weighted by Gasteiger charge is 2.24. The Morgan fingerprint density at radius 2 is 2.16 bits per heavy atom. The van der Waals surface area contributed by atoms with Crippen molar-refractivity contribution >= 4 is 21.9 Å². The van der Waals surface area contributed by atoms with Crippen LogP contribution in [-0.4, -0.2) is 36.2 Å². The number of carboxylic acid groups (broad SMARTS) is 1. The lowest BCUT2D eigenvalue weighted by Gasteiger charge is -2.30. The maximum atomic E-state index is 10.9. The van der Waals surface area contributed by atoms with Crippen molar-refractivity contribution in [2.45, 2.75) is 19.4 Å². The molecule has 1 aromatic rings. The molecule has 104 valence electrons. The van der Waals surface area contributed by atoms with Crippen LogP contribution >= 0.6 is 15.9 Å². The van der Waals surface area contributed by atoms with Gasteiger partial charge >= 0.3 is 5.97 Å². The molecule has 0 radical (unpaired) electrons. The number of ether oxygens (including phenoxy) is 1. The summed E-state index contributed by atoms with van der Waals surface area (Å²) in [5.41, 5.74) is 1.13. The second-order valence-corrected chi connectivity index (χ2v) is 5.76. The van der Waals surface area contributed by atoms with Crippen molar-refractivity contribution in [3.05, 3.63) is 28.2 Å². The van der Waals surface area contributed by atoms with E-state index in [0.29, 0.717) is 0 Å². The summed E-state index contributed by atoms with van der Waals surface area (Å²) in [5, 5.41) is 8.99. The van der Waals surface area contributed by atoms with E-state index in [-0.39, 0.29) is 5.92 Å². The third-order valence-electron chi connectivity index (χ3n) is 3.57. The molecule has 1 N–H and O–H groups in total. The number of benzene rings is 1. The van der Waals surface area contributed by atoms with E-state index >= 15 is 0 Å². The SMILES string of the molecule is COc1ccc(Br)cc1CN1CCC(C(=O)O)CC1. The largest absolute Gasteiger partial charge is 0.496 e. The first kappa shape index (κ1) is 14.3. The summed E-state index contributed by atoms with van der Waals surface area (Å²) in [6.45, 7) is 2.45. The molecule has 0 aliphatic carbocycles. The van der Waals surface area contributed by atoms with E-state index in [2.05, 4.69) is 26.9 Å². The highest BCUT2D eigenvalue weighted by atomic mass is 79.9. The molecule has 0 unspecified atom stereocenters. The van der Waals surface area contributed by atoms with Gasteiger partial charge in [0.15, 0.2) is 0 Å². The predicted molar refractivity (Wildman–Crippen MR) is 76.3 cm³/mol. The van der Waals surface area contributed by atoms with Crippen LogP contribution in [0.15, 0.2) is 22.7 Å². The predicted octanol–water partition coefficient (Wildman–Crippen LogP) is 2.75. The fraction of sp³-hybridized carbons (Fsp3) is 0.500. The Labute approximate surface area is 121 Å². The molecule has 0 spiro atoms. The van der Waals surface area contributed by atoms with Gasteiger partial charge in [0.2, 0.25) is 0 Å². The summed E-state index contributed by atoms with van der Waals surface area (Å²) in [4.78, 5) is 13.2. The highest BCUT2D eigenvalue weighted by Crippen LogP contribution is 2.26. The van der Waals surface area contributed by atoms with Crippen molar-refractivity contribution in [3.63, 3.8) is 0 Å². The second kappa shape index (κ2) is 6.39. The minimum absolute atomic E-state index is 0.180. The zero-order chi connectivity index (χ0) is 13.8. The van der Waals surface area contributed by atoms with Crippen molar-refractivity contribution in [1.82, 2.24) is 4.90 Å². The molecule has 0 aromatic heterocycles. The van der Waals surface area contributed by atoms with Crippen LogP contribution in [0.5, 0.6) is 5.75 Å². The van der Waals surface area contributed by atoms with Gasteiger partial charge in [0.1, 0.15) is 5.75 Å². The number of halogens is 1. The van der Waals surface area contributed by atoms with Crippen LogP contribution in [0.25, 0.3) is 0 Å². The molecule has 1 fully saturated rings. The quantitative estimate of drug-likeness (QED) is 0.923. The number of hydrogen-bond acceptors (Lipinski definition) is 3. The van der Waals surface area contributed by atoms with E-state index in [1.807, 2.05) is 12.1 Å². The average Bonchev–Trinajstić information content (AvgIpc) is 2.39. The molecule has 1 aromatic carbocycles. The Morgan fingerprint density at radius 3 is 2.74 bits per heavy atom. The number of likely N-dealkylation sites (tertiary alicyclic amines) is 1. The fourth-order valence-electron chi connectivity index (χ4n) is 2.45. The molecule has 1 heterocycles. The van der Waals surface area contributed by atoms with Gasteiger partial charge in [0.25, 0.3) is 0 Å². The number of carbonyl (C=O) groups is 1. The maximum absolute atomic E-state index is 10.9. The van der Waals surface area contributed by atoms with Crippen molar-refractivity contribution in [1.29, 1.82) is 0 Å². The summed E-state index contributed by atoms with van der Waals surface area (Å²) in [6.07, 6.45) is 1.46. The molecule has 1 aliphatic heterocycles. The van der Waals surface area contributed by atoms with Crippen molar-refractivity contribution in [3.8, 4) is 5.75 Å².